The summed E-state index contributed by atoms with van der Waals surface area (Å²) in [6.07, 6.45) is 0.475. The smallest absolute Gasteiger partial charge is 0.255 e. The molecule has 7 N–H and O–H groups in total. The highest BCUT2D eigenvalue weighted by molar-refractivity contribution is 7.89. The predicted molar refractivity (Wildman–Crippen MR) is 183 cm³/mol. The van der Waals surface area contributed by atoms with Crippen LogP contribution >= 0.6 is 0 Å². The van der Waals surface area contributed by atoms with Gasteiger partial charge in [-0.2, -0.15) is 0 Å². The second-order valence-electron chi connectivity index (χ2n) is 10.6. The maximum atomic E-state index is 13.3. The van der Waals surface area contributed by atoms with Crippen LogP contribution in [0.1, 0.15) is 38.2 Å². The van der Waals surface area contributed by atoms with Gasteiger partial charge in [-0.15, -0.1) is 0 Å². The first kappa shape index (κ1) is 32.7. The molecule has 0 unspecified atom stereocenters. The van der Waals surface area contributed by atoms with E-state index in [4.69, 9.17) is 16.3 Å². The molecule has 0 radical (unpaired) electrons. The Kier molecular flexibility index (Phi) is 10.5. The fourth-order valence-corrected chi connectivity index (χ4v) is 5.49. The first-order valence-electron chi connectivity index (χ1n) is 14.3. The third-order valence-electron chi connectivity index (χ3n) is 7.34. The Labute approximate surface area is 264 Å². The molecule has 8 nitrogen and oxygen atoms in total. The van der Waals surface area contributed by atoms with E-state index in [1.807, 2.05) is 37.4 Å². The lowest BCUT2D eigenvalue weighted by molar-refractivity contribution is 0.102. The summed E-state index contributed by atoms with van der Waals surface area (Å²) in [6, 6.07) is 34.6. The number of nitrogens with two attached hydrogens (primary N) is 2. The van der Waals surface area contributed by atoms with Crippen LogP contribution in [0.25, 0.3) is 11.1 Å². The average Bonchev–Trinajstić information content (AvgIpc) is 3.03. The van der Waals surface area contributed by atoms with E-state index in [9.17, 15) is 13.2 Å². The SMILES string of the molecule is CNc1ccc(C(=O)Nc2ccc(-c3ccccc3S(N)(=O)=O)cc2)c(Cc2cccc(C(=N)N)c2)c1.Cc1ccccc1C. The molecule has 0 atom stereocenters. The second-order valence-corrected chi connectivity index (χ2v) is 12.1. The predicted octanol–water partition coefficient (Wildman–Crippen LogP) is 6.47. The van der Waals surface area contributed by atoms with Gasteiger partial charge in [0, 0.05) is 35.1 Å². The van der Waals surface area contributed by atoms with Gasteiger partial charge in [0.25, 0.3) is 5.91 Å². The molecule has 5 aromatic rings. The van der Waals surface area contributed by atoms with E-state index < -0.39 is 10.0 Å². The van der Waals surface area contributed by atoms with Gasteiger partial charge in [-0.1, -0.05) is 72.8 Å². The van der Waals surface area contributed by atoms with Crippen LogP contribution in [0.15, 0.2) is 120 Å². The van der Waals surface area contributed by atoms with Crippen LogP contribution in [-0.2, 0) is 16.4 Å². The molecule has 230 valence electrons. The monoisotopic (exact) mass is 619 g/mol. The molecule has 0 bridgehead atoms. The zero-order valence-electron chi connectivity index (χ0n) is 25.5. The summed E-state index contributed by atoms with van der Waals surface area (Å²) in [5.41, 5.74) is 13.8. The number of carbonyl (C=O) groups is 1. The van der Waals surface area contributed by atoms with Gasteiger partial charge in [0.1, 0.15) is 5.84 Å². The molecule has 0 saturated carbocycles. The number of rotatable bonds is 8. The molecule has 0 spiro atoms. The van der Waals surface area contributed by atoms with Crippen molar-refractivity contribution in [2.45, 2.75) is 25.2 Å². The zero-order valence-corrected chi connectivity index (χ0v) is 26.3. The Hall–Kier alpha value is -5.25. The molecule has 0 heterocycles. The van der Waals surface area contributed by atoms with Crippen LogP contribution in [0.5, 0.6) is 0 Å². The fraction of sp³-hybridized carbons (Fsp3) is 0.111. The number of hydrogen-bond acceptors (Lipinski definition) is 5. The summed E-state index contributed by atoms with van der Waals surface area (Å²) in [5.74, 6) is -0.294. The minimum atomic E-state index is -3.88. The van der Waals surface area contributed by atoms with Crippen molar-refractivity contribution in [1.29, 1.82) is 5.41 Å². The minimum absolute atomic E-state index is 0.0149. The molecule has 0 aliphatic heterocycles. The lowest BCUT2D eigenvalue weighted by Crippen LogP contribution is -2.15. The Bertz CT molecular complexity index is 1920. The van der Waals surface area contributed by atoms with E-state index in [2.05, 4.69) is 48.7 Å². The van der Waals surface area contributed by atoms with Crippen LogP contribution in [0, 0.1) is 19.3 Å². The van der Waals surface area contributed by atoms with E-state index >= 15 is 0 Å². The first-order valence-corrected chi connectivity index (χ1v) is 15.8. The maximum absolute atomic E-state index is 13.3. The number of amides is 1. The highest BCUT2D eigenvalue weighted by Gasteiger charge is 2.16. The largest absolute Gasteiger partial charge is 0.388 e. The molecule has 5 aromatic carbocycles. The van der Waals surface area contributed by atoms with Gasteiger partial charge in [0.15, 0.2) is 0 Å². The molecule has 1 amide bonds. The number of carbonyl (C=O) groups excluding carboxylic acids is 1. The highest BCUT2D eigenvalue weighted by atomic mass is 32.2. The van der Waals surface area contributed by atoms with Crippen molar-refractivity contribution in [2.24, 2.45) is 10.9 Å². The standard InChI is InChI=1S/C28H27N5O3S.C8H10/c1-32-23-13-14-25(21(17-23)16-18-5-4-6-20(15-18)27(29)30)28(34)33-22-11-9-19(10-12-22)24-7-2-3-8-26(24)37(31,35)36;1-7-5-3-4-6-8(7)2/h2-15,17,32H,16H2,1H3,(H3,29,30)(H,33,34)(H2,31,35,36);3-6H,1-2H3. The third-order valence-corrected chi connectivity index (χ3v) is 8.31. The van der Waals surface area contributed by atoms with Gasteiger partial charge in [-0.3, -0.25) is 10.2 Å². The van der Waals surface area contributed by atoms with Gasteiger partial charge in [-0.25, -0.2) is 13.6 Å². The fourth-order valence-electron chi connectivity index (χ4n) is 4.73. The zero-order chi connectivity index (χ0) is 32.6. The number of primary sulfonamides is 1. The van der Waals surface area contributed by atoms with E-state index in [0.29, 0.717) is 34.4 Å². The van der Waals surface area contributed by atoms with Crippen molar-refractivity contribution in [1.82, 2.24) is 0 Å². The second kappa shape index (κ2) is 14.5. The molecular formula is C36H37N5O3S. The minimum Gasteiger partial charge on any atom is -0.388 e. The number of aryl methyl sites for hydroxylation is 2. The van der Waals surface area contributed by atoms with Crippen molar-refractivity contribution >= 4 is 33.1 Å². The van der Waals surface area contributed by atoms with Gasteiger partial charge in [-0.05, 0) is 90.6 Å². The summed E-state index contributed by atoms with van der Waals surface area (Å²) in [7, 11) is -2.07. The van der Waals surface area contributed by atoms with E-state index in [-0.39, 0.29) is 16.6 Å². The molecule has 9 heteroatoms. The van der Waals surface area contributed by atoms with Crippen molar-refractivity contribution in [3.05, 3.63) is 149 Å². The summed E-state index contributed by atoms with van der Waals surface area (Å²) in [6.45, 7) is 4.24. The van der Waals surface area contributed by atoms with Crippen LogP contribution in [0.2, 0.25) is 0 Å². The molecule has 0 saturated heterocycles. The van der Waals surface area contributed by atoms with Gasteiger partial charge in [0.05, 0.1) is 4.90 Å². The quantitative estimate of drug-likeness (QED) is 0.0996. The van der Waals surface area contributed by atoms with E-state index in [1.54, 1.807) is 54.6 Å². The number of benzene rings is 5. The molecule has 0 fully saturated rings. The van der Waals surface area contributed by atoms with Gasteiger partial charge in [0.2, 0.25) is 10.0 Å². The van der Waals surface area contributed by atoms with Crippen LogP contribution < -0.4 is 21.5 Å². The Balaban J connectivity index is 0.000000501. The maximum Gasteiger partial charge on any atom is 0.255 e. The number of amidine groups is 1. The number of nitrogen functional groups attached to an aromatic ring is 1. The lowest BCUT2D eigenvalue weighted by Gasteiger charge is -2.14. The van der Waals surface area contributed by atoms with Crippen molar-refractivity contribution < 1.29 is 13.2 Å². The molecular weight excluding hydrogens is 582 g/mol. The molecule has 5 rings (SSSR count). The number of anilines is 2. The number of hydrogen-bond donors (Lipinski definition) is 5. The lowest BCUT2D eigenvalue weighted by atomic mass is 9.97. The average molecular weight is 620 g/mol. The van der Waals surface area contributed by atoms with Gasteiger partial charge >= 0.3 is 0 Å². The Morgan fingerprint density at radius 2 is 1.40 bits per heavy atom. The first-order chi connectivity index (χ1) is 21.5. The molecule has 0 aliphatic carbocycles. The highest BCUT2D eigenvalue weighted by Crippen LogP contribution is 2.28. The molecule has 45 heavy (non-hydrogen) atoms. The normalized spacial score (nSPS) is 10.8. The molecule has 0 aliphatic rings. The van der Waals surface area contributed by atoms with E-state index in [0.717, 1.165) is 16.8 Å². The van der Waals surface area contributed by atoms with Crippen molar-refractivity contribution in [3.63, 3.8) is 0 Å². The number of sulfonamides is 1. The van der Waals surface area contributed by atoms with Crippen LogP contribution in [-0.4, -0.2) is 27.2 Å². The van der Waals surface area contributed by atoms with E-state index in [1.165, 1.54) is 17.2 Å². The third kappa shape index (κ3) is 8.66. The topological polar surface area (TPSA) is 151 Å². The van der Waals surface area contributed by atoms with Crippen molar-refractivity contribution in [2.75, 3.05) is 17.7 Å². The number of nitrogens with one attached hydrogen (secondary N) is 3. The summed E-state index contributed by atoms with van der Waals surface area (Å²) < 4.78 is 23.9. The summed E-state index contributed by atoms with van der Waals surface area (Å²) in [5, 5.41) is 19.1. The van der Waals surface area contributed by atoms with Crippen LogP contribution in [0.3, 0.4) is 0 Å². The van der Waals surface area contributed by atoms with Crippen molar-refractivity contribution in [3.8, 4) is 11.1 Å². The van der Waals surface area contributed by atoms with Crippen LogP contribution in [0.4, 0.5) is 11.4 Å². The summed E-state index contributed by atoms with van der Waals surface area (Å²) >= 11 is 0. The summed E-state index contributed by atoms with van der Waals surface area (Å²) in [4.78, 5) is 13.3. The Morgan fingerprint density at radius 3 is 2.00 bits per heavy atom. The molecule has 0 aromatic heterocycles. The Morgan fingerprint density at radius 1 is 0.778 bits per heavy atom. The van der Waals surface area contributed by atoms with Gasteiger partial charge < -0.3 is 16.4 Å².